The zero-order valence-corrected chi connectivity index (χ0v) is 11.1. The van der Waals surface area contributed by atoms with Gasteiger partial charge in [-0.25, -0.2) is 4.68 Å². The molecule has 2 rings (SSSR count). The Morgan fingerprint density at radius 3 is 2.42 bits per heavy atom. The molecule has 1 aromatic carbocycles. The number of halogens is 1. The van der Waals surface area contributed by atoms with Gasteiger partial charge in [-0.3, -0.25) is 4.79 Å². The number of methoxy groups -OCH3 is 1. The third-order valence-electron chi connectivity index (χ3n) is 2.45. The molecule has 1 aromatic heterocycles. The number of nitrogens with zero attached hydrogens (tertiary/aromatic N) is 2. The summed E-state index contributed by atoms with van der Waals surface area (Å²) in [6, 6.07) is 6.73. The molecule has 6 nitrogen and oxygen atoms in total. The largest absolute Gasteiger partial charge is 0.497 e. The second-order valence-electron chi connectivity index (χ2n) is 3.73. The van der Waals surface area contributed by atoms with Crippen LogP contribution in [0.25, 0.3) is 0 Å². The lowest BCUT2D eigenvalue weighted by Gasteiger charge is -2.09. The van der Waals surface area contributed by atoms with Crippen LogP contribution < -0.4 is 20.8 Å². The fraction of sp³-hybridized carbons (Fsp3) is 0.167. The third-order valence-corrected chi connectivity index (χ3v) is 2.81. The van der Waals surface area contributed by atoms with Gasteiger partial charge in [-0.15, -0.1) is 0 Å². The van der Waals surface area contributed by atoms with E-state index in [1.807, 2.05) is 0 Å². The van der Waals surface area contributed by atoms with Gasteiger partial charge in [-0.1, -0.05) is 11.6 Å². The second kappa shape index (κ2) is 5.19. The SMILES string of the molecule is COc1ccc(Oc2c(Cl)c(N)nn(C)c2=O)cc1. The van der Waals surface area contributed by atoms with Crippen LogP contribution in [0.2, 0.25) is 5.02 Å². The van der Waals surface area contributed by atoms with Crippen molar-refractivity contribution in [2.75, 3.05) is 12.8 Å². The Hall–Kier alpha value is -2.21. The Balaban J connectivity index is 2.40. The zero-order chi connectivity index (χ0) is 14.0. The summed E-state index contributed by atoms with van der Waals surface area (Å²) in [5, 5.41) is 3.75. The monoisotopic (exact) mass is 281 g/mol. The molecule has 2 aromatic rings. The number of aryl methyl sites for hydroxylation is 1. The molecule has 0 atom stereocenters. The number of hydrogen-bond donors (Lipinski definition) is 1. The molecule has 2 N–H and O–H groups in total. The van der Waals surface area contributed by atoms with Gasteiger partial charge in [-0.2, -0.15) is 5.10 Å². The quantitative estimate of drug-likeness (QED) is 0.928. The molecule has 0 aliphatic carbocycles. The van der Waals surface area contributed by atoms with E-state index < -0.39 is 5.56 Å². The van der Waals surface area contributed by atoms with E-state index in [4.69, 9.17) is 26.8 Å². The summed E-state index contributed by atoms with van der Waals surface area (Å²) in [7, 11) is 3.03. The first kappa shape index (κ1) is 13.2. The van der Waals surface area contributed by atoms with Gasteiger partial charge in [0.05, 0.1) is 7.11 Å². The van der Waals surface area contributed by atoms with Gasteiger partial charge < -0.3 is 15.2 Å². The first-order valence-electron chi connectivity index (χ1n) is 5.37. The Morgan fingerprint density at radius 2 is 1.84 bits per heavy atom. The predicted octanol–water partition coefficient (Wildman–Crippen LogP) is 1.82. The number of nitrogen functional groups attached to an aromatic ring is 1. The Kier molecular flexibility index (Phi) is 3.62. The van der Waals surface area contributed by atoms with Gasteiger partial charge in [0.1, 0.15) is 16.5 Å². The molecule has 0 radical (unpaired) electrons. The van der Waals surface area contributed by atoms with E-state index in [1.165, 1.54) is 7.05 Å². The van der Waals surface area contributed by atoms with Crippen LogP contribution in [0.4, 0.5) is 5.82 Å². The highest BCUT2D eigenvalue weighted by Gasteiger charge is 2.15. The summed E-state index contributed by atoms with van der Waals surface area (Å²) in [6.07, 6.45) is 0. The average molecular weight is 282 g/mol. The molecule has 0 bridgehead atoms. The normalized spacial score (nSPS) is 10.3. The van der Waals surface area contributed by atoms with Crippen LogP contribution in [-0.2, 0) is 7.05 Å². The van der Waals surface area contributed by atoms with Crippen LogP contribution in [0.3, 0.4) is 0 Å². The maximum Gasteiger partial charge on any atom is 0.311 e. The molecule has 19 heavy (non-hydrogen) atoms. The van der Waals surface area contributed by atoms with Gasteiger partial charge in [0.25, 0.3) is 0 Å². The lowest BCUT2D eigenvalue weighted by Crippen LogP contribution is -2.22. The maximum absolute atomic E-state index is 11.9. The molecule has 0 saturated carbocycles. The maximum atomic E-state index is 11.9. The van der Waals surface area contributed by atoms with Crippen molar-refractivity contribution >= 4 is 17.4 Å². The molecular formula is C12H12ClN3O3. The molecule has 0 unspecified atom stereocenters. The van der Waals surface area contributed by atoms with Crippen molar-refractivity contribution < 1.29 is 9.47 Å². The molecule has 100 valence electrons. The third kappa shape index (κ3) is 2.63. The standard InChI is InChI=1S/C12H12ClN3O3/c1-16-12(17)10(9(13)11(14)15-16)19-8-5-3-7(18-2)4-6-8/h3-6H,1-2H3,(H2,14,15). The van der Waals surface area contributed by atoms with Crippen molar-refractivity contribution in [3.63, 3.8) is 0 Å². The highest BCUT2D eigenvalue weighted by Crippen LogP contribution is 2.29. The summed E-state index contributed by atoms with van der Waals surface area (Å²) < 4.78 is 11.6. The number of ether oxygens (including phenoxy) is 2. The first-order chi connectivity index (χ1) is 9.02. The highest BCUT2D eigenvalue weighted by atomic mass is 35.5. The van der Waals surface area contributed by atoms with Gasteiger partial charge >= 0.3 is 5.56 Å². The number of anilines is 1. The molecular weight excluding hydrogens is 270 g/mol. The Bertz CT molecular complexity index is 653. The highest BCUT2D eigenvalue weighted by molar-refractivity contribution is 6.34. The van der Waals surface area contributed by atoms with Crippen molar-refractivity contribution in [3.8, 4) is 17.2 Å². The first-order valence-corrected chi connectivity index (χ1v) is 5.75. The summed E-state index contributed by atoms with van der Waals surface area (Å²) in [5.74, 6) is 1.11. The van der Waals surface area contributed by atoms with E-state index in [0.717, 1.165) is 4.68 Å². The fourth-order valence-corrected chi connectivity index (χ4v) is 1.62. The summed E-state index contributed by atoms with van der Waals surface area (Å²) in [5.41, 5.74) is 5.12. The zero-order valence-electron chi connectivity index (χ0n) is 10.4. The van der Waals surface area contributed by atoms with Crippen LogP contribution in [0.5, 0.6) is 17.2 Å². The smallest absolute Gasteiger partial charge is 0.311 e. The summed E-state index contributed by atoms with van der Waals surface area (Å²) in [4.78, 5) is 11.9. The number of hydrogen-bond acceptors (Lipinski definition) is 5. The average Bonchev–Trinajstić information content (AvgIpc) is 2.42. The van der Waals surface area contributed by atoms with Crippen molar-refractivity contribution in [1.82, 2.24) is 9.78 Å². The molecule has 0 aliphatic heterocycles. The minimum atomic E-state index is -0.463. The van der Waals surface area contributed by atoms with Crippen molar-refractivity contribution in [2.45, 2.75) is 0 Å². The molecule has 0 spiro atoms. The van der Waals surface area contributed by atoms with E-state index >= 15 is 0 Å². The Labute approximate surface area is 114 Å². The van der Waals surface area contributed by atoms with E-state index in [1.54, 1.807) is 31.4 Å². The van der Waals surface area contributed by atoms with Crippen LogP contribution in [0, 0.1) is 0 Å². The van der Waals surface area contributed by atoms with E-state index in [0.29, 0.717) is 11.5 Å². The summed E-state index contributed by atoms with van der Waals surface area (Å²) >= 11 is 5.93. The van der Waals surface area contributed by atoms with Crippen LogP contribution >= 0.6 is 11.6 Å². The molecule has 1 heterocycles. The fourth-order valence-electron chi connectivity index (χ4n) is 1.46. The number of nitrogens with two attached hydrogens (primary N) is 1. The topological polar surface area (TPSA) is 79.4 Å². The van der Waals surface area contributed by atoms with Crippen LogP contribution in [0.1, 0.15) is 0 Å². The minimum absolute atomic E-state index is 0.00100. The van der Waals surface area contributed by atoms with Gasteiger partial charge in [0.2, 0.25) is 5.75 Å². The lowest BCUT2D eigenvalue weighted by molar-refractivity contribution is 0.412. The Morgan fingerprint density at radius 1 is 1.26 bits per heavy atom. The van der Waals surface area contributed by atoms with Crippen LogP contribution in [0.15, 0.2) is 29.1 Å². The van der Waals surface area contributed by atoms with Gasteiger partial charge in [0.15, 0.2) is 5.82 Å². The predicted molar refractivity (Wildman–Crippen MR) is 72.0 cm³/mol. The van der Waals surface area contributed by atoms with E-state index in [-0.39, 0.29) is 16.6 Å². The molecule has 7 heteroatoms. The van der Waals surface area contributed by atoms with Crippen LogP contribution in [-0.4, -0.2) is 16.9 Å². The summed E-state index contributed by atoms with van der Waals surface area (Å²) in [6.45, 7) is 0. The van der Waals surface area contributed by atoms with E-state index in [9.17, 15) is 4.79 Å². The van der Waals surface area contributed by atoms with E-state index in [2.05, 4.69) is 5.10 Å². The van der Waals surface area contributed by atoms with Crippen molar-refractivity contribution in [1.29, 1.82) is 0 Å². The van der Waals surface area contributed by atoms with Crippen molar-refractivity contribution in [3.05, 3.63) is 39.6 Å². The second-order valence-corrected chi connectivity index (χ2v) is 4.11. The van der Waals surface area contributed by atoms with Gasteiger partial charge in [0, 0.05) is 7.05 Å². The number of rotatable bonds is 3. The lowest BCUT2D eigenvalue weighted by atomic mass is 10.3. The van der Waals surface area contributed by atoms with Gasteiger partial charge in [-0.05, 0) is 24.3 Å². The number of benzene rings is 1. The number of aromatic nitrogens is 2. The molecule has 0 amide bonds. The molecule has 0 aliphatic rings. The molecule has 0 saturated heterocycles. The van der Waals surface area contributed by atoms with Crippen molar-refractivity contribution in [2.24, 2.45) is 7.05 Å². The molecule has 0 fully saturated rings. The minimum Gasteiger partial charge on any atom is -0.497 e.